The Morgan fingerprint density at radius 2 is 1.43 bits per heavy atom. The fourth-order valence-corrected chi connectivity index (χ4v) is 0.391. The van der Waals surface area contributed by atoms with Crippen LogP contribution < -0.4 is 58.2 Å². The predicted molar refractivity (Wildman–Crippen MR) is 54.7 cm³/mol. The third-order valence-corrected chi connectivity index (χ3v) is 0.841. The average molecular weight is 350 g/mol. The molecule has 0 atom stereocenters. The number of rotatable bonds is 5. The van der Waals surface area contributed by atoms with Crippen molar-refractivity contribution in [2.45, 2.75) is 20.3 Å². The van der Waals surface area contributed by atoms with Crippen molar-refractivity contribution in [1.82, 2.24) is 0 Å². The molecule has 81 valence electrons. The van der Waals surface area contributed by atoms with E-state index in [0.29, 0.717) is 6.61 Å². The van der Waals surface area contributed by atoms with Crippen LogP contribution in [0.3, 0.4) is 0 Å². The van der Waals surface area contributed by atoms with E-state index in [0.717, 1.165) is 26.2 Å². The third kappa shape index (κ3) is 46.3. The second kappa shape index (κ2) is 36.0. The van der Waals surface area contributed by atoms with Crippen molar-refractivity contribution in [2.75, 3.05) is 26.4 Å². The SMILES string of the molecule is [CH2-]CCOCC.[CH2-]COCC.[CH3-].[Rb+].[Y]. The average Bonchev–Trinajstić information content (AvgIpc) is 2.04. The zero-order valence-corrected chi connectivity index (χ0v) is 18.1. The largest absolute Gasteiger partial charge is 1.00 e. The predicted octanol–water partition coefficient (Wildman–Crippen LogP) is -0.444. The summed E-state index contributed by atoms with van der Waals surface area (Å²) < 4.78 is 9.64. The fourth-order valence-electron chi connectivity index (χ4n) is 0.391. The van der Waals surface area contributed by atoms with Crippen LogP contribution >= 0.6 is 0 Å². The van der Waals surface area contributed by atoms with Gasteiger partial charge in [-0.1, -0.05) is 6.61 Å². The molecule has 0 aromatic carbocycles. The Morgan fingerprint density at radius 3 is 1.50 bits per heavy atom. The molecule has 0 spiro atoms. The maximum atomic E-state index is 4.92. The van der Waals surface area contributed by atoms with Crippen molar-refractivity contribution in [3.8, 4) is 0 Å². The first-order chi connectivity index (χ1) is 5.33. The minimum atomic E-state index is 0. The maximum Gasteiger partial charge on any atom is 1.00 e. The molecule has 14 heavy (non-hydrogen) atoms. The van der Waals surface area contributed by atoms with Gasteiger partial charge < -0.3 is 30.7 Å². The van der Waals surface area contributed by atoms with Gasteiger partial charge >= 0.3 is 58.2 Å². The van der Waals surface area contributed by atoms with Crippen LogP contribution in [0.4, 0.5) is 0 Å². The first-order valence-corrected chi connectivity index (χ1v) is 4.07. The van der Waals surface area contributed by atoms with E-state index in [9.17, 15) is 0 Å². The molecule has 0 unspecified atom stereocenters. The molecule has 4 heteroatoms. The smallest absolute Gasteiger partial charge is 0.414 e. The van der Waals surface area contributed by atoms with E-state index >= 15 is 0 Å². The molecule has 2 nitrogen and oxygen atoms in total. The van der Waals surface area contributed by atoms with Gasteiger partial charge in [0.2, 0.25) is 0 Å². The van der Waals surface area contributed by atoms with Crippen molar-refractivity contribution < 1.29 is 100 Å². The third-order valence-electron chi connectivity index (χ3n) is 0.841. The second-order valence-electron chi connectivity index (χ2n) is 1.75. The summed E-state index contributed by atoms with van der Waals surface area (Å²) in [5, 5.41) is 0. The van der Waals surface area contributed by atoms with E-state index in [-0.39, 0.29) is 98.3 Å². The molecule has 0 aromatic heterocycles. The minimum absolute atomic E-state index is 0. The Morgan fingerprint density at radius 1 is 1.00 bits per heavy atom. The van der Waals surface area contributed by atoms with E-state index in [1.807, 2.05) is 13.8 Å². The molecule has 0 aliphatic rings. The molecule has 0 rings (SSSR count). The molecule has 0 saturated carbocycles. The van der Waals surface area contributed by atoms with Gasteiger partial charge in [-0.2, -0.15) is 6.42 Å². The first kappa shape index (κ1) is 30.1. The van der Waals surface area contributed by atoms with Crippen LogP contribution in [0.5, 0.6) is 0 Å². The molecule has 0 amide bonds. The molecule has 0 fully saturated rings. The summed E-state index contributed by atoms with van der Waals surface area (Å²) in [6, 6.07) is 0. The maximum absolute atomic E-state index is 4.92. The minimum Gasteiger partial charge on any atom is -0.414 e. The first-order valence-electron chi connectivity index (χ1n) is 4.07. The molecule has 0 aliphatic carbocycles. The Labute approximate surface area is 165 Å². The Balaban J connectivity index is -0.0000000321. The van der Waals surface area contributed by atoms with E-state index in [1.54, 1.807) is 0 Å². The molecule has 0 saturated heterocycles. The molecule has 0 aromatic rings. The molecule has 0 aliphatic heterocycles. The van der Waals surface area contributed by atoms with Crippen molar-refractivity contribution in [3.63, 3.8) is 0 Å². The quantitative estimate of drug-likeness (QED) is 0.495. The Bertz CT molecular complexity index is 51.4. The van der Waals surface area contributed by atoms with Gasteiger partial charge in [0.1, 0.15) is 0 Å². The summed E-state index contributed by atoms with van der Waals surface area (Å²) in [6.45, 7) is 14.0. The molecular weight excluding hydrogens is 326 g/mol. The number of hydrogen-bond donors (Lipinski definition) is 0. The van der Waals surface area contributed by atoms with Gasteiger partial charge in [-0.3, -0.25) is 0 Å². The Hall–Kier alpha value is 2.83. The van der Waals surface area contributed by atoms with Gasteiger partial charge in [0.05, 0.1) is 0 Å². The molecule has 0 N–H and O–H groups in total. The van der Waals surface area contributed by atoms with Crippen molar-refractivity contribution >= 4 is 0 Å². The fraction of sp³-hybridized carbons (Fsp3) is 0.700. The summed E-state index contributed by atoms with van der Waals surface area (Å²) in [6.07, 6.45) is 0.883. The van der Waals surface area contributed by atoms with Gasteiger partial charge in [-0.15, -0.1) is 0 Å². The molecular formula is C10H23O2RbY-2. The van der Waals surface area contributed by atoms with Crippen LogP contribution in [0.15, 0.2) is 0 Å². The summed E-state index contributed by atoms with van der Waals surface area (Å²) in [5.74, 6) is 0. The van der Waals surface area contributed by atoms with E-state index in [1.165, 1.54) is 0 Å². The second-order valence-corrected chi connectivity index (χ2v) is 1.75. The summed E-state index contributed by atoms with van der Waals surface area (Å²) >= 11 is 0. The van der Waals surface area contributed by atoms with Crippen LogP contribution in [0.2, 0.25) is 0 Å². The van der Waals surface area contributed by atoms with E-state index in [2.05, 4.69) is 13.8 Å². The van der Waals surface area contributed by atoms with Crippen molar-refractivity contribution in [1.29, 1.82) is 0 Å². The number of hydrogen-bond acceptors (Lipinski definition) is 2. The van der Waals surface area contributed by atoms with Crippen molar-refractivity contribution in [2.24, 2.45) is 0 Å². The molecule has 0 bridgehead atoms. The monoisotopic (exact) mass is 349 g/mol. The summed E-state index contributed by atoms with van der Waals surface area (Å²) in [7, 11) is 0. The van der Waals surface area contributed by atoms with Crippen LogP contribution in [-0.2, 0) is 42.2 Å². The molecule has 0 heterocycles. The Kier molecular flexibility index (Phi) is 77.6. The molecule has 1 radical (unpaired) electrons. The van der Waals surface area contributed by atoms with E-state index < -0.39 is 0 Å². The van der Waals surface area contributed by atoms with Crippen molar-refractivity contribution in [3.05, 3.63) is 21.3 Å². The normalized spacial score (nSPS) is 6.86. The summed E-state index contributed by atoms with van der Waals surface area (Å²) in [4.78, 5) is 0. The zero-order valence-electron chi connectivity index (χ0n) is 10.3. The zero-order chi connectivity index (χ0) is 8.95. The van der Waals surface area contributed by atoms with Gasteiger partial charge in [0, 0.05) is 52.5 Å². The van der Waals surface area contributed by atoms with E-state index in [4.69, 9.17) is 9.47 Å². The van der Waals surface area contributed by atoms with Gasteiger partial charge in [0.25, 0.3) is 0 Å². The summed E-state index contributed by atoms with van der Waals surface area (Å²) in [5.41, 5.74) is 0. The topological polar surface area (TPSA) is 18.5 Å². The van der Waals surface area contributed by atoms with Crippen LogP contribution in [0, 0.1) is 21.3 Å². The van der Waals surface area contributed by atoms with Gasteiger partial charge in [-0.05, 0) is 13.8 Å². The van der Waals surface area contributed by atoms with Gasteiger partial charge in [0.15, 0.2) is 0 Å². The van der Waals surface area contributed by atoms with Gasteiger partial charge in [-0.25, -0.2) is 0 Å². The van der Waals surface area contributed by atoms with Crippen LogP contribution in [0.1, 0.15) is 20.3 Å². The number of ether oxygens (including phenoxy) is 2. The standard InChI is InChI=1S/C5H11O.C4H9O.CH3.Rb.Y/c1-3-5-6-4-2;1-3-5-4-2;;;/h1,3-5H2,2H3;1,3-4H2,2H3;1H3;;/q3*-1;+1;. The van der Waals surface area contributed by atoms with Crippen LogP contribution in [0.25, 0.3) is 0 Å². The van der Waals surface area contributed by atoms with Crippen LogP contribution in [-0.4, -0.2) is 26.4 Å².